The Kier molecular flexibility index (Phi) is 2.58. The lowest BCUT2D eigenvalue weighted by Crippen LogP contribution is -2.27. The van der Waals surface area contributed by atoms with Crippen LogP contribution in [0.2, 0.25) is 0 Å². The first kappa shape index (κ1) is 11.4. The first-order valence-electron chi connectivity index (χ1n) is 6.96. The van der Waals surface area contributed by atoms with Gasteiger partial charge in [-0.25, -0.2) is 4.98 Å². The van der Waals surface area contributed by atoms with Crippen LogP contribution in [0, 0.1) is 17.8 Å². The van der Waals surface area contributed by atoms with E-state index in [-0.39, 0.29) is 11.8 Å². The van der Waals surface area contributed by atoms with E-state index in [0.29, 0.717) is 5.92 Å². The van der Waals surface area contributed by atoms with Gasteiger partial charge in [-0.1, -0.05) is 29.9 Å². The fraction of sp³-hybridized carbons (Fsp3) is 0.467. The van der Waals surface area contributed by atoms with Crippen molar-refractivity contribution in [2.45, 2.75) is 25.7 Å². The van der Waals surface area contributed by atoms with Crippen LogP contribution in [0.5, 0.6) is 0 Å². The summed E-state index contributed by atoms with van der Waals surface area (Å²) in [6.45, 7) is 0. The molecule has 0 radical (unpaired) electrons. The Hall–Kier alpha value is -1.42. The van der Waals surface area contributed by atoms with Gasteiger partial charge in [-0.15, -0.1) is 0 Å². The normalized spacial score (nSPS) is 28.9. The Morgan fingerprint density at radius 3 is 2.89 bits per heavy atom. The highest BCUT2D eigenvalue weighted by Gasteiger charge is 2.43. The standard InChI is InChI=1S/C15H16N2OS/c18-14(11-8-9-5-6-10(11)7-9)17-15-16-12-3-1-2-4-13(12)19-15/h1-4,9-11H,5-8H2,(H,16,17,18). The lowest BCUT2D eigenvalue weighted by atomic mass is 9.88. The number of nitrogens with one attached hydrogen (secondary N) is 1. The van der Waals surface area contributed by atoms with E-state index in [1.807, 2.05) is 24.3 Å². The van der Waals surface area contributed by atoms with Crippen molar-refractivity contribution in [3.8, 4) is 0 Å². The van der Waals surface area contributed by atoms with Gasteiger partial charge in [0.2, 0.25) is 5.91 Å². The van der Waals surface area contributed by atoms with Gasteiger partial charge in [-0.05, 0) is 43.2 Å². The van der Waals surface area contributed by atoms with Crippen molar-refractivity contribution in [3.05, 3.63) is 24.3 Å². The number of thiazole rings is 1. The molecule has 2 aliphatic rings. The minimum atomic E-state index is 0.186. The molecule has 0 aliphatic heterocycles. The number of para-hydroxylation sites is 1. The third kappa shape index (κ3) is 1.94. The van der Waals surface area contributed by atoms with E-state index in [0.717, 1.165) is 27.7 Å². The molecule has 1 N–H and O–H groups in total. The molecular weight excluding hydrogens is 256 g/mol. The van der Waals surface area contributed by atoms with E-state index in [9.17, 15) is 4.79 Å². The van der Waals surface area contributed by atoms with Gasteiger partial charge < -0.3 is 5.32 Å². The molecule has 1 aromatic heterocycles. The van der Waals surface area contributed by atoms with E-state index in [1.54, 1.807) is 11.3 Å². The SMILES string of the molecule is O=C(Nc1nc2ccccc2s1)C1CC2CCC1C2. The largest absolute Gasteiger partial charge is 0.302 e. The maximum absolute atomic E-state index is 12.3. The third-order valence-electron chi connectivity index (χ3n) is 4.60. The summed E-state index contributed by atoms with van der Waals surface area (Å²) < 4.78 is 1.13. The molecule has 4 rings (SSSR count). The second-order valence-electron chi connectivity index (χ2n) is 5.76. The van der Waals surface area contributed by atoms with E-state index >= 15 is 0 Å². The van der Waals surface area contributed by atoms with Crippen LogP contribution >= 0.6 is 11.3 Å². The van der Waals surface area contributed by atoms with Crippen molar-refractivity contribution in [2.75, 3.05) is 5.32 Å². The smallest absolute Gasteiger partial charge is 0.229 e. The molecular formula is C15H16N2OS. The maximum atomic E-state index is 12.3. The highest BCUT2D eigenvalue weighted by molar-refractivity contribution is 7.22. The predicted octanol–water partition coefficient (Wildman–Crippen LogP) is 3.67. The zero-order chi connectivity index (χ0) is 12.8. The first-order chi connectivity index (χ1) is 9.29. The number of nitrogens with zero attached hydrogens (tertiary/aromatic N) is 1. The van der Waals surface area contributed by atoms with Gasteiger partial charge in [-0.3, -0.25) is 4.79 Å². The number of carbonyl (C=O) groups is 1. The zero-order valence-corrected chi connectivity index (χ0v) is 11.5. The van der Waals surface area contributed by atoms with Gasteiger partial charge in [-0.2, -0.15) is 0 Å². The van der Waals surface area contributed by atoms with Crippen LogP contribution in [0.25, 0.3) is 10.2 Å². The van der Waals surface area contributed by atoms with E-state index < -0.39 is 0 Å². The zero-order valence-electron chi connectivity index (χ0n) is 10.6. The molecule has 3 unspecified atom stereocenters. The molecule has 19 heavy (non-hydrogen) atoms. The molecule has 1 heterocycles. The summed E-state index contributed by atoms with van der Waals surface area (Å²) in [7, 11) is 0. The molecule has 2 aromatic rings. The number of fused-ring (bicyclic) bond motifs is 3. The number of anilines is 1. The second kappa shape index (κ2) is 4.30. The van der Waals surface area contributed by atoms with Gasteiger partial charge >= 0.3 is 0 Å². The fourth-order valence-corrected chi connectivity index (χ4v) is 4.56. The average Bonchev–Trinajstić information content (AvgIpc) is 3.12. The van der Waals surface area contributed by atoms with Crippen molar-refractivity contribution >= 4 is 32.6 Å². The predicted molar refractivity (Wildman–Crippen MR) is 77.2 cm³/mol. The highest BCUT2D eigenvalue weighted by Crippen LogP contribution is 2.48. The van der Waals surface area contributed by atoms with Gasteiger partial charge in [0.25, 0.3) is 0 Å². The van der Waals surface area contributed by atoms with Crippen molar-refractivity contribution in [1.29, 1.82) is 0 Å². The quantitative estimate of drug-likeness (QED) is 0.906. The molecule has 3 atom stereocenters. The maximum Gasteiger partial charge on any atom is 0.229 e. The molecule has 0 spiro atoms. The Labute approximate surface area is 116 Å². The van der Waals surface area contributed by atoms with E-state index in [1.165, 1.54) is 19.3 Å². The third-order valence-corrected chi connectivity index (χ3v) is 5.55. The van der Waals surface area contributed by atoms with Crippen molar-refractivity contribution in [2.24, 2.45) is 17.8 Å². The van der Waals surface area contributed by atoms with Crippen molar-refractivity contribution in [1.82, 2.24) is 4.98 Å². The van der Waals surface area contributed by atoms with Crippen LogP contribution in [0.15, 0.2) is 24.3 Å². The number of hydrogen-bond donors (Lipinski definition) is 1. The summed E-state index contributed by atoms with van der Waals surface area (Å²) in [6.07, 6.45) is 4.91. The van der Waals surface area contributed by atoms with E-state index in [4.69, 9.17) is 0 Å². The van der Waals surface area contributed by atoms with Crippen LogP contribution < -0.4 is 5.32 Å². The Morgan fingerprint density at radius 2 is 2.16 bits per heavy atom. The first-order valence-corrected chi connectivity index (χ1v) is 7.77. The highest BCUT2D eigenvalue weighted by atomic mass is 32.1. The topological polar surface area (TPSA) is 42.0 Å². The molecule has 1 aromatic carbocycles. The molecule has 0 saturated heterocycles. The van der Waals surface area contributed by atoms with E-state index in [2.05, 4.69) is 10.3 Å². The number of carbonyl (C=O) groups excluding carboxylic acids is 1. The van der Waals surface area contributed by atoms with Crippen LogP contribution in [-0.4, -0.2) is 10.9 Å². The molecule has 2 fully saturated rings. The van der Waals surface area contributed by atoms with Crippen molar-refractivity contribution < 1.29 is 4.79 Å². The summed E-state index contributed by atoms with van der Waals surface area (Å²) >= 11 is 1.56. The molecule has 1 amide bonds. The van der Waals surface area contributed by atoms with Gasteiger partial charge in [0.15, 0.2) is 5.13 Å². The minimum Gasteiger partial charge on any atom is -0.302 e. The van der Waals surface area contributed by atoms with Crippen LogP contribution in [0.3, 0.4) is 0 Å². The molecule has 3 nitrogen and oxygen atoms in total. The lowest BCUT2D eigenvalue weighted by molar-refractivity contribution is -0.121. The molecule has 2 aliphatic carbocycles. The number of aromatic nitrogens is 1. The lowest BCUT2D eigenvalue weighted by Gasteiger charge is -2.19. The molecule has 2 saturated carbocycles. The van der Waals surface area contributed by atoms with Gasteiger partial charge in [0.05, 0.1) is 10.2 Å². The molecule has 2 bridgehead atoms. The number of benzene rings is 1. The average molecular weight is 272 g/mol. The summed E-state index contributed by atoms with van der Waals surface area (Å²) in [5.41, 5.74) is 0.968. The second-order valence-corrected chi connectivity index (χ2v) is 6.79. The number of rotatable bonds is 2. The molecule has 98 valence electrons. The number of hydrogen-bond acceptors (Lipinski definition) is 3. The van der Waals surface area contributed by atoms with Crippen LogP contribution in [0.4, 0.5) is 5.13 Å². The fourth-order valence-electron chi connectivity index (χ4n) is 3.69. The monoisotopic (exact) mass is 272 g/mol. The minimum absolute atomic E-state index is 0.186. The summed E-state index contributed by atoms with van der Waals surface area (Å²) in [5, 5.41) is 3.77. The van der Waals surface area contributed by atoms with Crippen molar-refractivity contribution in [3.63, 3.8) is 0 Å². The Balaban J connectivity index is 1.53. The van der Waals surface area contributed by atoms with Crippen LogP contribution in [-0.2, 0) is 4.79 Å². The van der Waals surface area contributed by atoms with Gasteiger partial charge in [0, 0.05) is 5.92 Å². The summed E-state index contributed by atoms with van der Waals surface area (Å²) in [6, 6.07) is 8.00. The summed E-state index contributed by atoms with van der Waals surface area (Å²) in [4.78, 5) is 16.8. The Bertz CT molecular complexity index is 603. The summed E-state index contributed by atoms with van der Waals surface area (Å²) in [5.74, 6) is 1.84. The Morgan fingerprint density at radius 1 is 1.26 bits per heavy atom. The van der Waals surface area contributed by atoms with Gasteiger partial charge in [0.1, 0.15) is 0 Å². The molecule has 4 heteroatoms. The number of amides is 1. The van der Waals surface area contributed by atoms with Crippen LogP contribution in [0.1, 0.15) is 25.7 Å².